The number of carbonyl (C=O) groups excluding carboxylic acids is 1. The highest BCUT2D eigenvalue weighted by Crippen LogP contribution is 2.44. The van der Waals surface area contributed by atoms with Gasteiger partial charge in [-0.1, -0.05) is 49.6 Å². The lowest BCUT2D eigenvalue weighted by Gasteiger charge is -2.41. The van der Waals surface area contributed by atoms with Crippen molar-refractivity contribution in [2.75, 3.05) is 6.54 Å². The zero-order valence-electron chi connectivity index (χ0n) is 13.4. The average molecular weight is 289 g/mol. The highest BCUT2D eigenvalue weighted by Gasteiger charge is 2.45. The van der Waals surface area contributed by atoms with Gasteiger partial charge in [-0.15, -0.1) is 0 Å². The summed E-state index contributed by atoms with van der Waals surface area (Å²) in [5.41, 5.74) is 1.10. The number of aryl methyl sites for hydroxylation is 1. The molecule has 1 saturated carbocycles. The quantitative estimate of drug-likeness (QED) is 0.845. The molecule has 0 bridgehead atoms. The summed E-state index contributed by atoms with van der Waals surface area (Å²) in [4.78, 5) is 12.7. The van der Waals surface area contributed by atoms with Crippen LogP contribution < -0.4 is 5.32 Å². The number of nitrogens with one attached hydrogen (secondary N) is 1. The Morgan fingerprint density at radius 3 is 2.67 bits per heavy atom. The van der Waals surface area contributed by atoms with E-state index in [1.165, 1.54) is 5.56 Å². The first-order chi connectivity index (χ1) is 9.89. The molecule has 0 heterocycles. The first kappa shape index (κ1) is 16.0. The first-order valence-corrected chi connectivity index (χ1v) is 7.97. The number of benzene rings is 1. The summed E-state index contributed by atoms with van der Waals surface area (Å²) >= 11 is 0. The number of aliphatic hydroxyl groups is 1. The number of rotatable bonds is 6. The van der Waals surface area contributed by atoms with Crippen molar-refractivity contribution in [2.45, 2.75) is 63.9 Å². The summed E-state index contributed by atoms with van der Waals surface area (Å²) in [5.74, 6) is 0.0655. The van der Waals surface area contributed by atoms with Gasteiger partial charge in [0.1, 0.15) is 0 Å². The van der Waals surface area contributed by atoms with Crippen molar-refractivity contribution >= 4 is 5.91 Å². The second-order valence-electron chi connectivity index (χ2n) is 6.73. The fourth-order valence-corrected chi connectivity index (χ4v) is 3.19. The van der Waals surface area contributed by atoms with Crippen molar-refractivity contribution < 1.29 is 9.90 Å². The van der Waals surface area contributed by atoms with Crippen LogP contribution in [0.5, 0.6) is 0 Å². The second-order valence-corrected chi connectivity index (χ2v) is 6.73. The van der Waals surface area contributed by atoms with E-state index in [2.05, 4.69) is 30.4 Å². The number of amides is 1. The van der Waals surface area contributed by atoms with Crippen LogP contribution in [0.1, 0.15) is 57.1 Å². The van der Waals surface area contributed by atoms with Crippen LogP contribution in [0.2, 0.25) is 0 Å². The average Bonchev–Trinajstić information content (AvgIpc) is 2.35. The summed E-state index contributed by atoms with van der Waals surface area (Å²) in [6, 6.07) is 8.24. The largest absolute Gasteiger partial charge is 0.388 e. The molecule has 116 valence electrons. The van der Waals surface area contributed by atoms with Gasteiger partial charge in [0.15, 0.2) is 0 Å². The molecule has 1 atom stereocenters. The molecule has 1 unspecified atom stereocenters. The summed E-state index contributed by atoms with van der Waals surface area (Å²) in [7, 11) is 0. The minimum Gasteiger partial charge on any atom is -0.388 e. The van der Waals surface area contributed by atoms with E-state index in [9.17, 15) is 9.90 Å². The highest BCUT2D eigenvalue weighted by molar-refractivity contribution is 5.89. The summed E-state index contributed by atoms with van der Waals surface area (Å²) in [6.07, 6.45) is 4.50. The Labute approximate surface area is 127 Å². The Hall–Kier alpha value is -1.35. The minimum absolute atomic E-state index is 0.0655. The molecular formula is C18H27NO2. The van der Waals surface area contributed by atoms with Crippen LogP contribution in [-0.4, -0.2) is 23.2 Å². The number of hydrogen-bond donors (Lipinski definition) is 2. The van der Waals surface area contributed by atoms with Crippen molar-refractivity contribution in [1.82, 2.24) is 5.32 Å². The molecule has 1 aromatic carbocycles. The van der Waals surface area contributed by atoms with Gasteiger partial charge in [-0.2, -0.15) is 0 Å². The van der Waals surface area contributed by atoms with E-state index >= 15 is 0 Å². The van der Waals surface area contributed by atoms with E-state index in [1.807, 2.05) is 13.0 Å². The van der Waals surface area contributed by atoms with Crippen molar-refractivity contribution in [1.29, 1.82) is 0 Å². The van der Waals surface area contributed by atoms with Crippen LogP contribution >= 0.6 is 0 Å². The molecule has 1 aliphatic rings. The Morgan fingerprint density at radius 2 is 2.14 bits per heavy atom. The van der Waals surface area contributed by atoms with Crippen molar-refractivity contribution in [2.24, 2.45) is 0 Å². The van der Waals surface area contributed by atoms with Crippen molar-refractivity contribution in [3.05, 3.63) is 35.4 Å². The number of carbonyl (C=O) groups is 1. The van der Waals surface area contributed by atoms with Crippen molar-refractivity contribution in [3.63, 3.8) is 0 Å². The Balaban J connectivity index is 2.09. The van der Waals surface area contributed by atoms with E-state index < -0.39 is 5.60 Å². The van der Waals surface area contributed by atoms with Gasteiger partial charge in [0.05, 0.1) is 11.0 Å². The predicted octanol–water partition coefficient (Wildman–Crippen LogP) is 3.08. The normalized spacial score (nSPS) is 19.4. The molecule has 3 nitrogen and oxygen atoms in total. The van der Waals surface area contributed by atoms with E-state index in [4.69, 9.17) is 0 Å². The molecule has 1 aromatic rings. The molecule has 1 amide bonds. The van der Waals surface area contributed by atoms with Crippen LogP contribution in [0, 0.1) is 6.92 Å². The van der Waals surface area contributed by atoms with E-state index in [0.29, 0.717) is 13.0 Å². The van der Waals surface area contributed by atoms with Gasteiger partial charge in [-0.05, 0) is 38.7 Å². The molecule has 0 radical (unpaired) electrons. The lowest BCUT2D eigenvalue weighted by atomic mass is 9.63. The summed E-state index contributed by atoms with van der Waals surface area (Å²) in [6.45, 7) is 6.21. The van der Waals surface area contributed by atoms with E-state index in [1.54, 1.807) is 6.92 Å². The molecule has 1 fully saturated rings. The van der Waals surface area contributed by atoms with Gasteiger partial charge >= 0.3 is 0 Å². The van der Waals surface area contributed by atoms with Gasteiger partial charge in [0.2, 0.25) is 5.91 Å². The van der Waals surface area contributed by atoms with Crippen LogP contribution in [0.3, 0.4) is 0 Å². The van der Waals surface area contributed by atoms with Crippen LogP contribution in [-0.2, 0) is 10.2 Å². The third kappa shape index (κ3) is 3.46. The molecule has 2 rings (SSSR count). The lowest BCUT2D eigenvalue weighted by molar-refractivity contribution is -0.131. The predicted molar refractivity (Wildman–Crippen MR) is 85.2 cm³/mol. The molecule has 0 aromatic heterocycles. The molecular weight excluding hydrogens is 262 g/mol. The van der Waals surface area contributed by atoms with Gasteiger partial charge in [0.25, 0.3) is 0 Å². The second kappa shape index (κ2) is 6.18. The third-order valence-electron chi connectivity index (χ3n) is 4.63. The fraction of sp³-hybridized carbons (Fsp3) is 0.611. The Bertz CT molecular complexity index is 504. The topological polar surface area (TPSA) is 49.3 Å². The first-order valence-electron chi connectivity index (χ1n) is 7.97. The van der Waals surface area contributed by atoms with E-state index in [-0.39, 0.29) is 11.3 Å². The zero-order valence-corrected chi connectivity index (χ0v) is 13.4. The molecule has 0 spiro atoms. The fourth-order valence-electron chi connectivity index (χ4n) is 3.19. The van der Waals surface area contributed by atoms with Crippen LogP contribution in [0.4, 0.5) is 0 Å². The van der Waals surface area contributed by atoms with Crippen molar-refractivity contribution in [3.8, 4) is 0 Å². The third-order valence-corrected chi connectivity index (χ3v) is 4.63. The van der Waals surface area contributed by atoms with Gasteiger partial charge in [-0.25, -0.2) is 0 Å². The van der Waals surface area contributed by atoms with Gasteiger partial charge in [-0.3, -0.25) is 4.79 Å². The zero-order chi connectivity index (χ0) is 15.5. The van der Waals surface area contributed by atoms with Gasteiger partial charge < -0.3 is 10.4 Å². The van der Waals surface area contributed by atoms with Gasteiger partial charge in [0, 0.05) is 6.54 Å². The van der Waals surface area contributed by atoms with E-state index in [0.717, 1.165) is 31.2 Å². The molecule has 1 aliphatic carbocycles. The maximum Gasteiger partial charge on any atom is 0.230 e. The monoisotopic (exact) mass is 289 g/mol. The van der Waals surface area contributed by atoms with Crippen LogP contribution in [0.25, 0.3) is 0 Å². The summed E-state index contributed by atoms with van der Waals surface area (Å²) in [5, 5.41) is 13.2. The summed E-state index contributed by atoms with van der Waals surface area (Å²) < 4.78 is 0. The smallest absolute Gasteiger partial charge is 0.230 e. The molecule has 3 heteroatoms. The highest BCUT2D eigenvalue weighted by atomic mass is 16.3. The van der Waals surface area contributed by atoms with Crippen LogP contribution in [0.15, 0.2) is 24.3 Å². The lowest BCUT2D eigenvalue weighted by Crippen LogP contribution is -2.52. The maximum atomic E-state index is 12.7. The minimum atomic E-state index is -0.818. The molecule has 2 N–H and O–H groups in total. The number of hydrogen-bond acceptors (Lipinski definition) is 2. The Kier molecular flexibility index (Phi) is 4.72. The standard InChI is InChI=1S/C18H27NO2/c1-4-9-17(3,21)13-19-16(20)18(10-6-11-18)15-8-5-7-14(2)12-15/h5,7-8,12,21H,4,6,9-11,13H2,1-3H3,(H,19,20). The molecule has 0 aliphatic heterocycles. The SMILES string of the molecule is CCCC(C)(O)CNC(=O)C1(c2cccc(C)c2)CCC1. The molecule has 0 saturated heterocycles. The maximum absolute atomic E-state index is 12.7. The Morgan fingerprint density at radius 1 is 1.43 bits per heavy atom. The molecule has 21 heavy (non-hydrogen) atoms.